The maximum Gasteiger partial charge on any atom is 0.226 e. The summed E-state index contributed by atoms with van der Waals surface area (Å²) in [5.74, 6) is 0.924. The van der Waals surface area contributed by atoms with E-state index < -0.39 is 0 Å². The molecule has 4 heteroatoms. The van der Waals surface area contributed by atoms with E-state index in [1.807, 2.05) is 19.9 Å². The number of anilines is 1. The minimum absolute atomic E-state index is 0.662. The Morgan fingerprint density at radius 2 is 1.94 bits per heavy atom. The molecule has 2 rings (SSSR count). The summed E-state index contributed by atoms with van der Waals surface area (Å²) in [7, 11) is 0. The first-order valence-electron chi connectivity index (χ1n) is 6.35. The molecule has 0 atom stereocenters. The van der Waals surface area contributed by atoms with E-state index in [4.69, 9.17) is 0 Å². The molecule has 94 valence electrons. The molecule has 0 saturated heterocycles. The first-order chi connectivity index (χ1) is 8.20. The zero-order valence-corrected chi connectivity index (χ0v) is 12.2. The molecule has 0 radical (unpaired) electrons. The highest BCUT2D eigenvalue weighted by Crippen LogP contribution is 2.28. The Bertz CT molecular complexity index is 357. The summed E-state index contributed by atoms with van der Waals surface area (Å²) in [6, 6.07) is 2.70. The van der Waals surface area contributed by atoms with E-state index in [1.54, 1.807) is 0 Å². The van der Waals surface area contributed by atoms with Gasteiger partial charge in [-0.1, -0.05) is 15.9 Å². The van der Waals surface area contributed by atoms with Gasteiger partial charge in [-0.25, -0.2) is 9.97 Å². The van der Waals surface area contributed by atoms with Crippen LogP contribution in [0.15, 0.2) is 6.07 Å². The monoisotopic (exact) mass is 297 g/mol. The largest absolute Gasteiger partial charge is 0.338 e. The van der Waals surface area contributed by atoms with Crippen LogP contribution in [0.1, 0.15) is 37.1 Å². The molecule has 1 heterocycles. The number of alkyl halides is 1. The van der Waals surface area contributed by atoms with Crippen molar-refractivity contribution >= 4 is 21.9 Å². The van der Waals surface area contributed by atoms with E-state index >= 15 is 0 Å². The molecule has 0 amide bonds. The predicted octanol–water partition coefficient (Wildman–Crippen LogP) is 3.24. The van der Waals surface area contributed by atoms with Crippen molar-refractivity contribution in [3.63, 3.8) is 0 Å². The summed E-state index contributed by atoms with van der Waals surface area (Å²) in [6.07, 6.45) is 5.07. The molecule has 1 fully saturated rings. The standard InChI is InChI=1S/C13H20BrN3/c1-10-9-11(2)16-13(15-10)17(8-4-7-14)12-5-3-6-12/h9,12H,3-8H2,1-2H3. The van der Waals surface area contributed by atoms with Gasteiger partial charge in [-0.05, 0) is 45.6 Å². The first-order valence-corrected chi connectivity index (χ1v) is 7.48. The summed E-state index contributed by atoms with van der Waals surface area (Å²) in [4.78, 5) is 11.6. The van der Waals surface area contributed by atoms with Crippen molar-refractivity contribution in [2.45, 2.75) is 45.6 Å². The van der Waals surface area contributed by atoms with Crippen molar-refractivity contribution in [2.75, 3.05) is 16.8 Å². The first kappa shape index (κ1) is 12.8. The van der Waals surface area contributed by atoms with Crippen LogP contribution in [-0.4, -0.2) is 27.9 Å². The third-order valence-corrected chi connectivity index (χ3v) is 3.84. The molecule has 0 N–H and O–H groups in total. The molecule has 0 unspecified atom stereocenters. The second kappa shape index (κ2) is 5.80. The molecule has 0 bridgehead atoms. The van der Waals surface area contributed by atoms with Gasteiger partial charge in [0.25, 0.3) is 0 Å². The summed E-state index contributed by atoms with van der Waals surface area (Å²) < 4.78 is 0. The average Bonchev–Trinajstić information content (AvgIpc) is 2.19. The van der Waals surface area contributed by atoms with E-state index in [1.165, 1.54) is 19.3 Å². The summed E-state index contributed by atoms with van der Waals surface area (Å²) in [5, 5.41) is 1.04. The van der Waals surface area contributed by atoms with Crippen molar-refractivity contribution in [3.8, 4) is 0 Å². The van der Waals surface area contributed by atoms with Crippen LogP contribution in [0.25, 0.3) is 0 Å². The lowest BCUT2D eigenvalue weighted by molar-refractivity contribution is 0.381. The smallest absolute Gasteiger partial charge is 0.226 e. The fourth-order valence-corrected chi connectivity index (χ4v) is 2.46. The van der Waals surface area contributed by atoms with Gasteiger partial charge in [0.15, 0.2) is 0 Å². The number of hydrogen-bond donors (Lipinski definition) is 0. The number of aryl methyl sites for hydroxylation is 2. The molecule has 0 aromatic carbocycles. The molecule has 17 heavy (non-hydrogen) atoms. The Morgan fingerprint density at radius 3 is 2.41 bits per heavy atom. The van der Waals surface area contributed by atoms with Gasteiger partial charge < -0.3 is 4.90 Å². The summed E-state index contributed by atoms with van der Waals surface area (Å²) >= 11 is 3.50. The van der Waals surface area contributed by atoms with Crippen molar-refractivity contribution in [1.29, 1.82) is 0 Å². The zero-order valence-electron chi connectivity index (χ0n) is 10.6. The van der Waals surface area contributed by atoms with Gasteiger partial charge in [-0.15, -0.1) is 0 Å². The second-order valence-electron chi connectivity index (χ2n) is 4.77. The maximum absolute atomic E-state index is 4.59. The Balaban J connectivity index is 2.17. The van der Waals surface area contributed by atoms with E-state index in [-0.39, 0.29) is 0 Å². The van der Waals surface area contributed by atoms with E-state index in [9.17, 15) is 0 Å². The molecule has 1 aliphatic rings. The molecular formula is C13H20BrN3. The van der Waals surface area contributed by atoms with Crippen LogP contribution >= 0.6 is 15.9 Å². The van der Waals surface area contributed by atoms with E-state index in [2.05, 4.69) is 30.8 Å². The Labute approximate surface area is 112 Å². The third-order valence-electron chi connectivity index (χ3n) is 3.28. The van der Waals surface area contributed by atoms with Crippen molar-refractivity contribution in [3.05, 3.63) is 17.5 Å². The Hall–Kier alpha value is -0.640. The molecule has 1 aromatic heterocycles. The fourth-order valence-electron chi connectivity index (χ4n) is 2.21. The minimum atomic E-state index is 0.662. The van der Waals surface area contributed by atoms with Crippen LogP contribution in [-0.2, 0) is 0 Å². The topological polar surface area (TPSA) is 29.0 Å². The molecule has 1 aromatic rings. The second-order valence-corrected chi connectivity index (χ2v) is 5.56. The van der Waals surface area contributed by atoms with Crippen LogP contribution in [0.5, 0.6) is 0 Å². The Kier molecular flexibility index (Phi) is 4.37. The van der Waals surface area contributed by atoms with Gasteiger partial charge in [-0.3, -0.25) is 0 Å². The van der Waals surface area contributed by atoms with Gasteiger partial charge in [0.2, 0.25) is 5.95 Å². The van der Waals surface area contributed by atoms with Gasteiger partial charge in [0, 0.05) is 29.3 Å². The van der Waals surface area contributed by atoms with E-state index in [0.29, 0.717) is 6.04 Å². The van der Waals surface area contributed by atoms with Crippen LogP contribution in [0.3, 0.4) is 0 Å². The highest BCUT2D eigenvalue weighted by molar-refractivity contribution is 9.09. The van der Waals surface area contributed by atoms with Gasteiger partial charge in [-0.2, -0.15) is 0 Å². The van der Waals surface area contributed by atoms with Gasteiger partial charge >= 0.3 is 0 Å². The maximum atomic E-state index is 4.59. The Morgan fingerprint density at radius 1 is 1.29 bits per heavy atom. The third kappa shape index (κ3) is 3.18. The SMILES string of the molecule is Cc1cc(C)nc(N(CCCBr)C2CCC2)n1. The molecule has 0 aliphatic heterocycles. The van der Waals surface area contributed by atoms with Crippen LogP contribution in [0.4, 0.5) is 5.95 Å². The van der Waals surface area contributed by atoms with Crippen molar-refractivity contribution in [1.82, 2.24) is 9.97 Å². The van der Waals surface area contributed by atoms with E-state index in [0.717, 1.165) is 35.6 Å². The van der Waals surface area contributed by atoms with Crippen molar-refractivity contribution < 1.29 is 0 Å². The van der Waals surface area contributed by atoms with Crippen LogP contribution < -0.4 is 4.90 Å². The molecular weight excluding hydrogens is 278 g/mol. The molecule has 1 saturated carbocycles. The summed E-state index contributed by atoms with van der Waals surface area (Å²) in [5.41, 5.74) is 2.13. The number of aromatic nitrogens is 2. The average molecular weight is 298 g/mol. The van der Waals surface area contributed by atoms with Crippen molar-refractivity contribution in [2.24, 2.45) is 0 Å². The number of hydrogen-bond acceptors (Lipinski definition) is 3. The van der Waals surface area contributed by atoms with Gasteiger partial charge in [0.1, 0.15) is 0 Å². The molecule has 3 nitrogen and oxygen atoms in total. The zero-order chi connectivity index (χ0) is 12.3. The highest BCUT2D eigenvalue weighted by atomic mass is 79.9. The molecule has 1 aliphatic carbocycles. The van der Waals surface area contributed by atoms with Gasteiger partial charge in [0.05, 0.1) is 0 Å². The normalized spacial score (nSPS) is 15.7. The van der Waals surface area contributed by atoms with Crippen LogP contribution in [0, 0.1) is 13.8 Å². The lowest BCUT2D eigenvalue weighted by atomic mass is 9.91. The lowest BCUT2D eigenvalue weighted by Gasteiger charge is -2.37. The number of halogens is 1. The predicted molar refractivity (Wildman–Crippen MR) is 74.9 cm³/mol. The lowest BCUT2D eigenvalue weighted by Crippen LogP contribution is -2.42. The van der Waals surface area contributed by atoms with Crippen LogP contribution in [0.2, 0.25) is 0 Å². The summed E-state index contributed by atoms with van der Waals surface area (Å²) in [6.45, 7) is 5.14. The quantitative estimate of drug-likeness (QED) is 0.781. The highest BCUT2D eigenvalue weighted by Gasteiger charge is 2.26. The fraction of sp³-hybridized carbons (Fsp3) is 0.692. The number of nitrogens with zero attached hydrogens (tertiary/aromatic N) is 3. The minimum Gasteiger partial charge on any atom is -0.338 e. The molecule has 0 spiro atoms. The number of rotatable bonds is 5.